The number of carbonyl (C=O) groups is 1. The van der Waals surface area contributed by atoms with Crippen LogP contribution in [0.4, 0.5) is 37.0 Å². The molecule has 0 spiro atoms. The molecule has 0 aliphatic rings. The number of alkyl carbamates (subject to hydrolysis) is 1. The van der Waals surface area contributed by atoms with Crippen LogP contribution in [0.25, 0.3) is 0 Å². The maximum atomic E-state index is 13.2. The van der Waals surface area contributed by atoms with Gasteiger partial charge in [0.1, 0.15) is 5.76 Å². The molecule has 0 bridgehead atoms. The van der Waals surface area contributed by atoms with Gasteiger partial charge in [-0.2, -0.15) is 26.3 Å². The van der Waals surface area contributed by atoms with Gasteiger partial charge in [-0.05, 0) is 20.8 Å². The molecule has 6 nitrogen and oxygen atoms in total. The van der Waals surface area contributed by atoms with E-state index < -0.39 is 36.0 Å². The smallest absolute Gasteiger partial charge is 0.439 e. The van der Waals surface area contributed by atoms with E-state index in [1.54, 1.807) is 0 Å². The van der Waals surface area contributed by atoms with Crippen LogP contribution >= 0.6 is 0 Å². The minimum Gasteiger partial charge on any atom is -0.447 e. The molecule has 1 amide bonds. The standard InChI is InChI=1S/C11H13F6N3O3/c1-5(2)22-8(21)19-9(10(12,13)14,11(15,16)17)18-7-4-6(3)23-20-7/h4-5H,1-3H3,(H,18,20)(H,19,21). The quantitative estimate of drug-likeness (QED) is 0.644. The summed E-state index contributed by atoms with van der Waals surface area (Å²) >= 11 is 0. The maximum Gasteiger partial charge on any atom is 0.439 e. The van der Waals surface area contributed by atoms with Crippen LogP contribution in [0.15, 0.2) is 10.6 Å². The van der Waals surface area contributed by atoms with Gasteiger partial charge in [0.05, 0.1) is 6.10 Å². The Labute approximate surface area is 126 Å². The molecule has 0 aliphatic carbocycles. The van der Waals surface area contributed by atoms with Gasteiger partial charge in [0.2, 0.25) is 0 Å². The van der Waals surface area contributed by atoms with Crippen LogP contribution in [-0.4, -0.2) is 35.4 Å². The zero-order valence-corrected chi connectivity index (χ0v) is 12.1. The van der Waals surface area contributed by atoms with Crippen molar-refractivity contribution in [2.24, 2.45) is 0 Å². The monoisotopic (exact) mass is 349 g/mol. The number of anilines is 1. The van der Waals surface area contributed by atoms with Crippen LogP contribution in [0.2, 0.25) is 0 Å². The van der Waals surface area contributed by atoms with Gasteiger partial charge in [-0.1, -0.05) is 5.16 Å². The van der Waals surface area contributed by atoms with Crippen molar-refractivity contribution in [3.63, 3.8) is 0 Å². The molecule has 0 aromatic carbocycles. The Balaban J connectivity index is 3.28. The van der Waals surface area contributed by atoms with Crippen molar-refractivity contribution in [1.29, 1.82) is 0 Å². The SMILES string of the molecule is Cc1cc(NC(NC(=O)OC(C)C)(C(F)(F)F)C(F)(F)F)no1. The third-order valence-corrected chi connectivity index (χ3v) is 2.43. The molecule has 0 saturated heterocycles. The maximum absolute atomic E-state index is 13.2. The molecule has 0 fully saturated rings. The topological polar surface area (TPSA) is 76.4 Å². The van der Waals surface area contributed by atoms with Crippen molar-refractivity contribution in [3.8, 4) is 0 Å². The minimum absolute atomic E-state index is 0.0319. The zero-order chi connectivity index (χ0) is 18.1. The van der Waals surface area contributed by atoms with Gasteiger partial charge in [0.25, 0.3) is 0 Å². The summed E-state index contributed by atoms with van der Waals surface area (Å²) in [5.74, 6) is -0.891. The number of nitrogens with zero attached hydrogens (tertiary/aromatic N) is 1. The summed E-state index contributed by atoms with van der Waals surface area (Å²) in [5.41, 5.74) is -4.80. The van der Waals surface area contributed by atoms with Crippen LogP contribution in [0.3, 0.4) is 0 Å². The van der Waals surface area contributed by atoms with E-state index in [9.17, 15) is 31.1 Å². The lowest BCUT2D eigenvalue weighted by molar-refractivity contribution is -0.295. The molecule has 1 aromatic heterocycles. The first-order valence-electron chi connectivity index (χ1n) is 6.12. The van der Waals surface area contributed by atoms with E-state index in [2.05, 4.69) is 14.4 Å². The predicted molar refractivity (Wildman–Crippen MR) is 64.5 cm³/mol. The number of alkyl halides is 6. The highest BCUT2D eigenvalue weighted by Gasteiger charge is 2.73. The number of aryl methyl sites for hydroxylation is 1. The summed E-state index contributed by atoms with van der Waals surface area (Å²) in [6, 6.07) is 0.807. The Morgan fingerprint density at radius 1 is 1.22 bits per heavy atom. The average Bonchev–Trinajstić information content (AvgIpc) is 2.69. The number of amides is 1. The van der Waals surface area contributed by atoms with Gasteiger partial charge in [-0.3, -0.25) is 5.32 Å². The van der Waals surface area contributed by atoms with E-state index >= 15 is 0 Å². The average molecular weight is 349 g/mol. The van der Waals surface area contributed by atoms with Gasteiger partial charge in [0.15, 0.2) is 5.82 Å². The Bertz CT molecular complexity index is 538. The molecular weight excluding hydrogens is 336 g/mol. The lowest BCUT2D eigenvalue weighted by Gasteiger charge is -2.37. The highest BCUT2D eigenvalue weighted by Crippen LogP contribution is 2.43. The third kappa shape index (κ3) is 4.20. The summed E-state index contributed by atoms with van der Waals surface area (Å²) in [6.07, 6.45) is -14.7. The van der Waals surface area contributed by atoms with Crippen molar-refractivity contribution in [2.75, 3.05) is 5.32 Å². The van der Waals surface area contributed by atoms with Crippen LogP contribution in [0.1, 0.15) is 19.6 Å². The summed E-state index contributed by atoms with van der Waals surface area (Å²) in [4.78, 5) is 11.3. The van der Waals surface area contributed by atoms with Crippen molar-refractivity contribution < 1.29 is 40.4 Å². The second-order valence-corrected chi connectivity index (χ2v) is 4.77. The second kappa shape index (κ2) is 6.16. The van der Waals surface area contributed by atoms with Crippen molar-refractivity contribution in [3.05, 3.63) is 11.8 Å². The Hall–Kier alpha value is -2.14. The molecule has 0 radical (unpaired) electrons. The lowest BCUT2D eigenvalue weighted by Crippen LogP contribution is -2.72. The van der Waals surface area contributed by atoms with E-state index in [0.717, 1.165) is 16.7 Å². The molecule has 1 heterocycles. The molecule has 12 heteroatoms. The number of hydrogen-bond acceptors (Lipinski definition) is 5. The van der Waals surface area contributed by atoms with Crippen LogP contribution in [0, 0.1) is 6.92 Å². The lowest BCUT2D eigenvalue weighted by atomic mass is 10.1. The Kier molecular flexibility index (Phi) is 5.07. The summed E-state index contributed by atoms with van der Waals surface area (Å²) in [6.45, 7) is 3.79. The first-order chi connectivity index (χ1) is 10.3. The van der Waals surface area contributed by atoms with Gasteiger partial charge in [-0.15, -0.1) is 0 Å². The van der Waals surface area contributed by atoms with Crippen molar-refractivity contribution in [2.45, 2.75) is 44.9 Å². The molecule has 132 valence electrons. The highest BCUT2D eigenvalue weighted by molar-refractivity contribution is 5.69. The minimum atomic E-state index is -5.95. The summed E-state index contributed by atoms with van der Waals surface area (Å²) in [5, 5.41) is 4.94. The van der Waals surface area contributed by atoms with Gasteiger partial charge in [-0.25, -0.2) is 4.79 Å². The third-order valence-electron chi connectivity index (χ3n) is 2.43. The van der Waals surface area contributed by atoms with Crippen molar-refractivity contribution >= 4 is 11.9 Å². The number of aromatic nitrogens is 1. The van der Waals surface area contributed by atoms with E-state index in [-0.39, 0.29) is 5.76 Å². The van der Waals surface area contributed by atoms with Crippen molar-refractivity contribution in [1.82, 2.24) is 10.5 Å². The van der Waals surface area contributed by atoms with Crippen LogP contribution in [-0.2, 0) is 4.74 Å². The number of hydrogen-bond donors (Lipinski definition) is 2. The van der Waals surface area contributed by atoms with E-state index in [1.165, 1.54) is 20.8 Å². The Morgan fingerprint density at radius 2 is 1.74 bits per heavy atom. The van der Waals surface area contributed by atoms with Gasteiger partial charge in [0, 0.05) is 6.07 Å². The Morgan fingerprint density at radius 3 is 2.09 bits per heavy atom. The molecule has 23 heavy (non-hydrogen) atoms. The fourth-order valence-corrected chi connectivity index (χ4v) is 1.49. The molecule has 0 unspecified atom stereocenters. The zero-order valence-electron chi connectivity index (χ0n) is 12.1. The molecule has 1 aromatic rings. The van der Waals surface area contributed by atoms with Gasteiger partial charge < -0.3 is 14.6 Å². The van der Waals surface area contributed by atoms with E-state index in [4.69, 9.17) is 0 Å². The number of ether oxygens (including phenoxy) is 1. The van der Waals surface area contributed by atoms with Crippen LogP contribution < -0.4 is 10.6 Å². The number of carbonyl (C=O) groups excluding carboxylic acids is 1. The second-order valence-electron chi connectivity index (χ2n) is 4.77. The van der Waals surface area contributed by atoms with Crippen LogP contribution in [0.5, 0.6) is 0 Å². The fraction of sp³-hybridized carbons (Fsp3) is 0.636. The largest absolute Gasteiger partial charge is 0.447 e. The molecular formula is C11H13F6N3O3. The molecule has 0 atom stereocenters. The number of nitrogens with one attached hydrogen (secondary N) is 2. The molecule has 1 rings (SSSR count). The van der Waals surface area contributed by atoms with E-state index in [1.807, 2.05) is 0 Å². The first kappa shape index (κ1) is 18.9. The summed E-state index contributed by atoms with van der Waals surface area (Å²) in [7, 11) is 0. The molecule has 0 saturated carbocycles. The summed E-state index contributed by atoms with van der Waals surface area (Å²) < 4.78 is 87.6. The number of halogens is 6. The highest BCUT2D eigenvalue weighted by atomic mass is 19.4. The fourth-order valence-electron chi connectivity index (χ4n) is 1.49. The predicted octanol–water partition coefficient (Wildman–Crippen LogP) is 3.35. The van der Waals surface area contributed by atoms with Gasteiger partial charge >= 0.3 is 24.1 Å². The first-order valence-corrected chi connectivity index (χ1v) is 6.12. The molecule has 2 N–H and O–H groups in total. The molecule has 0 aliphatic heterocycles. The number of rotatable bonds is 4. The van der Waals surface area contributed by atoms with E-state index in [0.29, 0.717) is 0 Å². The normalized spacial score (nSPS) is 13.1.